The minimum Gasteiger partial charge on any atom is -0.198 e. The molecule has 0 aromatic heterocycles. The van der Waals surface area contributed by atoms with Crippen LogP contribution in [0.15, 0.2) is 58.8 Å². The number of benzene rings is 2. The van der Waals surface area contributed by atoms with Crippen molar-refractivity contribution in [2.75, 3.05) is 14.1 Å². The Morgan fingerprint density at radius 2 is 0.875 bits per heavy atom. The second-order valence-corrected chi connectivity index (χ2v) is 2.75. The molecule has 0 aliphatic heterocycles. The van der Waals surface area contributed by atoms with Crippen LogP contribution in [0.25, 0.3) is 10.8 Å². The lowest BCUT2D eigenvalue weighted by molar-refractivity contribution is 1.11. The molecule has 2 rings (SSSR count). The van der Waals surface area contributed by atoms with E-state index in [1.165, 1.54) is 10.8 Å². The minimum atomic E-state index is 1.31. The summed E-state index contributed by atoms with van der Waals surface area (Å²) in [6, 6.07) is 16.7. The molecule has 16 heavy (non-hydrogen) atoms. The van der Waals surface area contributed by atoms with Gasteiger partial charge in [-0.1, -0.05) is 62.4 Å². The topological polar surface area (TPSA) is 24.7 Å². The molecule has 2 aromatic carbocycles. The van der Waals surface area contributed by atoms with Crippen LogP contribution in [0.5, 0.6) is 0 Å². The highest BCUT2D eigenvalue weighted by atomic mass is 15.0. The Balaban J connectivity index is 0.000000323. The first-order valence-electron chi connectivity index (χ1n) is 5.50. The van der Waals surface area contributed by atoms with Crippen LogP contribution in [0.3, 0.4) is 0 Å². The zero-order valence-corrected chi connectivity index (χ0v) is 10.5. The Morgan fingerprint density at radius 3 is 1.06 bits per heavy atom. The van der Waals surface area contributed by atoms with Gasteiger partial charge in [-0.2, -0.15) is 10.2 Å². The van der Waals surface area contributed by atoms with Crippen molar-refractivity contribution < 1.29 is 0 Å². The third-order valence-electron chi connectivity index (χ3n) is 1.86. The first-order chi connectivity index (χ1) is 7.88. The van der Waals surface area contributed by atoms with Crippen molar-refractivity contribution in [2.24, 2.45) is 10.2 Å². The van der Waals surface area contributed by atoms with Crippen molar-refractivity contribution in [3.05, 3.63) is 48.5 Å². The maximum absolute atomic E-state index is 3.36. The number of fused-ring (bicyclic) bond motifs is 1. The first kappa shape index (κ1) is 14.3. The van der Waals surface area contributed by atoms with Crippen LogP contribution >= 0.6 is 0 Å². The zero-order valence-electron chi connectivity index (χ0n) is 10.5. The highest BCUT2D eigenvalue weighted by molar-refractivity contribution is 5.81. The van der Waals surface area contributed by atoms with Crippen LogP contribution in [-0.2, 0) is 0 Å². The van der Waals surface area contributed by atoms with E-state index in [9.17, 15) is 0 Å². The molecule has 0 fully saturated rings. The Kier molecular flexibility index (Phi) is 8.79. The fourth-order valence-electron chi connectivity index (χ4n) is 1.13. The van der Waals surface area contributed by atoms with E-state index >= 15 is 0 Å². The molecule has 0 N–H and O–H groups in total. The standard InChI is InChI=1S/C10H8.C2H6N2.C2H6/c1-2-6-10-8-4-3-7-9(10)5-1;1-3-4-2;1-2/h1-8H;1-2H3;1-2H3. The van der Waals surface area contributed by atoms with E-state index in [-0.39, 0.29) is 0 Å². The zero-order chi connectivity index (χ0) is 12.2. The fourth-order valence-corrected chi connectivity index (χ4v) is 1.13. The number of hydrogen-bond acceptors (Lipinski definition) is 2. The lowest BCUT2D eigenvalue weighted by Gasteiger charge is -1.92. The second kappa shape index (κ2) is 9.84. The van der Waals surface area contributed by atoms with Crippen LogP contribution in [0.4, 0.5) is 0 Å². The van der Waals surface area contributed by atoms with Gasteiger partial charge in [-0.25, -0.2) is 0 Å². The predicted molar refractivity (Wildman–Crippen MR) is 72.0 cm³/mol. The average molecular weight is 216 g/mol. The van der Waals surface area contributed by atoms with E-state index in [0.717, 1.165) is 0 Å². The largest absolute Gasteiger partial charge is 0.198 e. The van der Waals surface area contributed by atoms with Gasteiger partial charge in [0.1, 0.15) is 0 Å². The Labute approximate surface area is 98.0 Å². The SMILES string of the molecule is CC.CN=NC.c1ccc2ccccc2c1. The molecule has 0 aliphatic rings. The van der Waals surface area contributed by atoms with Crippen molar-refractivity contribution in [3.8, 4) is 0 Å². The molecule has 2 nitrogen and oxygen atoms in total. The van der Waals surface area contributed by atoms with Gasteiger partial charge in [-0.15, -0.1) is 0 Å². The summed E-state index contributed by atoms with van der Waals surface area (Å²) < 4.78 is 0. The van der Waals surface area contributed by atoms with Crippen LogP contribution in [0, 0.1) is 0 Å². The van der Waals surface area contributed by atoms with Crippen LogP contribution in [0.1, 0.15) is 13.8 Å². The molecule has 0 radical (unpaired) electrons. The highest BCUT2D eigenvalue weighted by Gasteiger charge is 1.85. The molecule has 0 spiro atoms. The van der Waals surface area contributed by atoms with E-state index in [0.29, 0.717) is 0 Å². The van der Waals surface area contributed by atoms with Gasteiger partial charge in [-0.3, -0.25) is 0 Å². The van der Waals surface area contributed by atoms with Gasteiger partial charge in [-0.05, 0) is 10.8 Å². The molecule has 2 aromatic rings. The number of azo groups is 1. The van der Waals surface area contributed by atoms with Crippen LogP contribution < -0.4 is 0 Å². The molecular weight excluding hydrogens is 196 g/mol. The van der Waals surface area contributed by atoms with E-state index in [1.54, 1.807) is 14.1 Å². The number of rotatable bonds is 0. The van der Waals surface area contributed by atoms with Crippen LogP contribution in [-0.4, -0.2) is 14.1 Å². The van der Waals surface area contributed by atoms with E-state index in [1.807, 2.05) is 13.8 Å². The van der Waals surface area contributed by atoms with E-state index in [4.69, 9.17) is 0 Å². The van der Waals surface area contributed by atoms with Gasteiger partial charge in [0.2, 0.25) is 0 Å². The maximum atomic E-state index is 3.36. The van der Waals surface area contributed by atoms with Gasteiger partial charge in [0.25, 0.3) is 0 Å². The lowest BCUT2D eigenvalue weighted by Crippen LogP contribution is -1.67. The van der Waals surface area contributed by atoms with Crippen LogP contribution in [0.2, 0.25) is 0 Å². The quantitative estimate of drug-likeness (QED) is 0.576. The molecule has 0 heterocycles. The molecule has 0 bridgehead atoms. The highest BCUT2D eigenvalue weighted by Crippen LogP contribution is 2.11. The molecule has 0 aliphatic carbocycles. The fraction of sp³-hybridized carbons (Fsp3) is 0.286. The van der Waals surface area contributed by atoms with Crippen molar-refractivity contribution in [3.63, 3.8) is 0 Å². The summed E-state index contributed by atoms with van der Waals surface area (Å²) in [5.74, 6) is 0. The number of hydrogen-bond donors (Lipinski definition) is 0. The monoisotopic (exact) mass is 216 g/mol. The van der Waals surface area contributed by atoms with E-state index < -0.39 is 0 Å². The maximum Gasteiger partial charge on any atom is 0.0487 e. The van der Waals surface area contributed by atoms with Crippen molar-refractivity contribution in [2.45, 2.75) is 13.8 Å². The van der Waals surface area contributed by atoms with Gasteiger partial charge >= 0.3 is 0 Å². The summed E-state index contributed by atoms with van der Waals surface area (Å²) >= 11 is 0. The molecule has 0 saturated heterocycles. The molecule has 0 unspecified atom stereocenters. The summed E-state index contributed by atoms with van der Waals surface area (Å²) in [5.41, 5.74) is 0. The first-order valence-corrected chi connectivity index (χ1v) is 5.50. The second-order valence-electron chi connectivity index (χ2n) is 2.75. The Hall–Kier alpha value is -1.70. The van der Waals surface area contributed by atoms with E-state index in [2.05, 4.69) is 58.8 Å². The van der Waals surface area contributed by atoms with Gasteiger partial charge in [0.15, 0.2) is 0 Å². The molecule has 0 amide bonds. The summed E-state index contributed by atoms with van der Waals surface area (Å²) in [5, 5.41) is 9.34. The third kappa shape index (κ3) is 5.25. The lowest BCUT2D eigenvalue weighted by atomic mass is 10.1. The Bertz CT molecular complexity index is 339. The molecule has 2 heteroatoms. The molecule has 86 valence electrons. The van der Waals surface area contributed by atoms with Crippen molar-refractivity contribution in [1.29, 1.82) is 0 Å². The minimum absolute atomic E-state index is 1.31. The van der Waals surface area contributed by atoms with Crippen molar-refractivity contribution in [1.82, 2.24) is 0 Å². The average Bonchev–Trinajstić information content (AvgIpc) is 2.41. The summed E-state index contributed by atoms with van der Waals surface area (Å²) in [7, 11) is 3.28. The Morgan fingerprint density at radius 1 is 0.625 bits per heavy atom. The third-order valence-corrected chi connectivity index (χ3v) is 1.86. The van der Waals surface area contributed by atoms with Crippen molar-refractivity contribution >= 4 is 10.8 Å². The summed E-state index contributed by atoms with van der Waals surface area (Å²) in [6.45, 7) is 4.00. The summed E-state index contributed by atoms with van der Waals surface area (Å²) in [6.07, 6.45) is 0. The molecule has 0 saturated carbocycles. The summed E-state index contributed by atoms with van der Waals surface area (Å²) in [4.78, 5) is 0. The van der Waals surface area contributed by atoms with Gasteiger partial charge < -0.3 is 0 Å². The predicted octanol–water partition coefficient (Wildman–Crippen LogP) is 4.56. The number of nitrogens with zero attached hydrogens (tertiary/aromatic N) is 2. The normalized spacial score (nSPS) is 9.00. The van der Waals surface area contributed by atoms with Gasteiger partial charge in [0, 0.05) is 14.1 Å². The molecule has 0 atom stereocenters. The molecular formula is C14H20N2. The smallest absolute Gasteiger partial charge is 0.0487 e. The van der Waals surface area contributed by atoms with Gasteiger partial charge in [0.05, 0.1) is 0 Å².